The van der Waals surface area contributed by atoms with Gasteiger partial charge in [0.05, 0.1) is 11.5 Å². The summed E-state index contributed by atoms with van der Waals surface area (Å²) in [6.07, 6.45) is 6.07. The lowest BCUT2D eigenvalue weighted by Gasteiger charge is -2.35. The summed E-state index contributed by atoms with van der Waals surface area (Å²) in [5, 5.41) is 6.82. The van der Waals surface area contributed by atoms with E-state index in [1.54, 1.807) is 24.6 Å². The third-order valence-corrected chi connectivity index (χ3v) is 5.40. The lowest BCUT2D eigenvalue weighted by atomic mass is 9.89. The van der Waals surface area contributed by atoms with Gasteiger partial charge in [-0.05, 0) is 30.7 Å². The van der Waals surface area contributed by atoms with E-state index in [1.807, 2.05) is 17.8 Å². The number of aryl methyl sites for hydroxylation is 2. The van der Waals surface area contributed by atoms with Gasteiger partial charge in [0.25, 0.3) is 0 Å². The number of fused-ring (bicyclic) bond motifs is 1. The van der Waals surface area contributed by atoms with E-state index in [1.165, 1.54) is 5.56 Å². The largest absolute Gasteiger partial charge is 0.381 e. The third-order valence-electron chi connectivity index (χ3n) is 4.41. The SMILES string of the molecule is COC1CC(Nc2nc(-c3nccn3C)nc3scc(C)c23)C1. The van der Waals surface area contributed by atoms with Gasteiger partial charge in [-0.15, -0.1) is 11.3 Å². The van der Waals surface area contributed by atoms with Crippen molar-refractivity contribution in [3.8, 4) is 11.6 Å². The molecule has 7 heteroatoms. The minimum absolute atomic E-state index is 0.363. The molecule has 0 atom stereocenters. The van der Waals surface area contributed by atoms with E-state index in [0.29, 0.717) is 18.0 Å². The van der Waals surface area contributed by atoms with Gasteiger partial charge in [0.1, 0.15) is 10.6 Å². The van der Waals surface area contributed by atoms with Crippen LogP contribution in [0.25, 0.3) is 21.9 Å². The predicted molar refractivity (Wildman–Crippen MR) is 91.8 cm³/mol. The highest BCUT2D eigenvalue weighted by atomic mass is 32.1. The van der Waals surface area contributed by atoms with Crippen LogP contribution in [0.1, 0.15) is 18.4 Å². The van der Waals surface area contributed by atoms with Crippen LogP contribution in [0.5, 0.6) is 0 Å². The molecule has 3 aromatic rings. The second kappa shape index (κ2) is 5.58. The number of methoxy groups -OCH3 is 1. The molecule has 3 heterocycles. The van der Waals surface area contributed by atoms with E-state index in [2.05, 4.69) is 22.6 Å². The summed E-state index contributed by atoms with van der Waals surface area (Å²) in [5.41, 5.74) is 1.21. The van der Waals surface area contributed by atoms with Gasteiger partial charge in [0, 0.05) is 32.6 Å². The molecule has 0 amide bonds. The molecule has 1 fully saturated rings. The molecule has 0 radical (unpaired) electrons. The highest BCUT2D eigenvalue weighted by Gasteiger charge is 2.30. The Balaban J connectivity index is 1.75. The summed E-state index contributed by atoms with van der Waals surface area (Å²) in [6.45, 7) is 2.10. The van der Waals surface area contributed by atoms with Crippen molar-refractivity contribution in [2.75, 3.05) is 12.4 Å². The van der Waals surface area contributed by atoms with Crippen LogP contribution >= 0.6 is 11.3 Å². The number of hydrogen-bond donors (Lipinski definition) is 1. The molecule has 0 aromatic carbocycles. The molecule has 1 aliphatic carbocycles. The molecule has 4 rings (SSSR count). The number of anilines is 1. The maximum Gasteiger partial charge on any atom is 0.199 e. The average molecular weight is 329 g/mol. The Kier molecular flexibility index (Phi) is 3.54. The normalized spacial score (nSPS) is 20.7. The first-order valence-corrected chi connectivity index (χ1v) is 8.56. The lowest BCUT2D eigenvalue weighted by molar-refractivity contribution is 0.0328. The van der Waals surface area contributed by atoms with Crippen LogP contribution in [0.2, 0.25) is 0 Å². The van der Waals surface area contributed by atoms with Crippen LogP contribution in [0.15, 0.2) is 17.8 Å². The number of ether oxygens (including phenoxy) is 1. The number of hydrogen-bond acceptors (Lipinski definition) is 6. The van der Waals surface area contributed by atoms with Crippen LogP contribution in [-0.4, -0.2) is 38.8 Å². The highest BCUT2D eigenvalue weighted by molar-refractivity contribution is 7.17. The fourth-order valence-electron chi connectivity index (χ4n) is 2.94. The topological polar surface area (TPSA) is 64.9 Å². The van der Waals surface area contributed by atoms with Gasteiger partial charge in [-0.2, -0.15) is 0 Å². The van der Waals surface area contributed by atoms with Crippen molar-refractivity contribution in [3.63, 3.8) is 0 Å². The number of aromatic nitrogens is 4. The van der Waals surface area contributed by atoms with Gasteiger partial charge in [-0.25, -0.2) is 15.0 Å². The second-order valence-corrected chi connectivity index (χ2v) is 6.88. The number of thiophene rings is 1. The highest BCUT2D eigenvalue weighted by Crippen LogP contribution is 2.34. The van der Waals surface area contributed by atoms with Gasteiger partial charge in [-0.1, -0.05) is 0 Å². The molecule has 6 nitrogen and oxygen atoms in total. The molecule has 1 saturated carbocycles. The zero-order valence-electron chi connectivity index (χ0n) is 13.4. The molecule has 0 bridgehead atoms. The zero-order chi connectivity index (χ0) is 16.0. The number of nitrogens with one attached hydrogen (secondary N) is 1. The summed E-state index contributed by atoms with van der Waals surface area (Å²) in [6, 6.07) is 0.409. The Hall–Kier alpha value is -1.99. The van der Waals surface area contributed by atoms with Crippen molar-refractivity contribution >= 4 is 27.4 Å². The molecule has 0 unspecified atom stereocenters. The first kappa shape index (κ1) is 14.6. The summed E-state index contributed by atoms with van der Waals surface area (Å²) in [4.78, 5) is 14.8. The monoisotopic (exact) mass is 329 g/mol. The number of nitrogens with zero attached hydrogens (tertiary/aromatic N) is 4. The Labute approximate surface area is 138 Å². The quantitative estimate of drug-likeness (QED) is 0.797. The molecule has 0 aliphatic heterocycles. The summed E-state index contributed by atoms with van der Waals surface area (Å²) >= 11 is 1.65. The Morgan fingerprint density at radius 1 is 1.35 bits per heavy atom. The van der Waals surface area contributed by atoms with Crippen molar-refractivity contribution in [3.05, 3.63) is 23.3 Å². The van der Waals surface area contributed by atoms with Crippen molar-refractivity contribution in [1.82, 2.24) is 19.5 Å². The summed E-state index contributed by atoms with van der Waals surface area (Å²) in [5.74, 6) is 2.35. The minimum atomic E-state index is 0.363. The van der Waals surface area contributed by atoms with Crippen molar-refractivity contribution in [1.29, 1.82) is 0 Å². The van der Waals surface area contributed by atoms with E-state index >= 15 is 0 Å². The molecule has 1 N–H and O–H groups in total. The first-order chi connectivity index (χ1) is 11.2. The fourth-order valence-corrected chi connectivity index (χ4v) is 3.86. The third kappa shape index (κ3) is 2.49. The average Bonchev–Trinajstić information content (AvgIpc) is 3.08. The summed E-state index contributed by atoms with van der Waals surface area (Å²) < 4.78 is 7.30. The van der Waals surface area contributed by atoms with Crippen molar-refractivity contribution in [2.45, 2.75) is 31.9 Å². The lowest BCUT2D eigenvalue weighted by Crippen LogP contribution is -2.40. The number of imidazole rings is 1. The molecule has 3 aromatic heterocycles. The van der Waals surface area contributed by atoms with E-state index in [-0.39, 0.29) is 0 Å². The molecule has 0 saturated heterocycles. The first-order valence-electron chi connectivity index (χ1n) is 7.68. The van der Waals surface area contributed by atoms with E-state index < -0.39 is 0 Å². The molecule has 120 valence electrons. The number of rotatable bonds is 4. The van der Waals surface area contributed by atoms with Crippen LogP contribution in [0.4, 0.5) is 5.82 Å². The second-order valence-electron chi connectivity index (χ2n) is 6.03. The van der Waals surface area contributed by atoms with Gasteiger partial charge < -0.3 is 14.6 Å². The molecule has 23 heavy (non-hydrogen) atoms. The maximum absolute atomic E-state index is 5.36. The molecule has 0 spiro atoms. The maximum atomic E-state index is 5.36. The van der Waals surface area contributed by atoms with Crippen LogP contribution < -0.4 is 5.32 Å². The van der Waals surface area contributed by atoms with Gasteiger partial charge in [-0.3, -0.25) is 0 Å². The predicted octanol–water partition coefficient (Wildman–Crippen LogP) is 2.99. The minimum Gasteiger partial charge on any atom is -0.381 e. The Morgan fingerprint density at radius 3 is 2.87 bits per heavy atom. The fraction of sp³-hybridized carbons (Fsp3) is 0.438. The van der Waals surface area contributed by atoms with Crippen LogP contribution in [-0.2, 0) is 11.8 Å². The molecular weight excluding hydrogens is 310 g/mol. The molecular formula is C16H19N5OS. The smallest absolute Gasteiger partial charge is 0.199 e. The van der Waals surface area contributed by atoms with Crippen molar-refractivity contribution in [2.24, 2.45) is 7.05 Å². The van der Waals surface area contributed by atoms with Gasteiger partial charge >= 0.3 is 0 Å². The van der Waals surface area contributed by atoms with Crippen LogP contribution in [0.3, 0.4) is 0 Å². The van der Waals surface area contributed by atoms with Gasteiger partial charge in [0.2, 0.25) is 0 Å². The van der Waals surface area contributed by atoms with Gasteiger partial charge in [0.15, 0.2) is 11.6 Å². The van der Waals surface area contributed by atoms with Crippen LogP contribution in [0, 0.1) is 6.92 Å². The standard InChI is InChI=1S/C16H19N5OS/c1-9-8-23-16-12(9)13(18-10-6-11(7-10)22-3)19-14(20-16)15-17-4-5-21(15)2/h4-5,8,10-11H,6-7H2,1-3H3,(H,18,19,20). The Morgan fingerprint density at radius 2 is 2.17 bits per heavy atom. The van der Waals surface area contributed by atoms with E-state index in [9.17, 15) is 0 Å². The van der Waals surface area contributed by atoms with E-state index in [4.69, 9.17) is 14.7 Å². The van der Waals surface area contributed by atoms with Crippen molar-refractivity contribution < 1.29 is 4.74 Å². The Bertz CT molecular complexity index is 849. The molecule has 1 aliphatic rings. The zero-order valence-corrected chi connectivity index (χ0v) is 14.2. The van der Waals surface area contributed by atoms with E-state index in [0.717, 1.165) is 34.7 Å². The summed E-state index contributed by atoms with van der Waals surface area (Å²) in [7, 11) is 3.73.